The van der Waals surface area contributed by atoms with E-state index < -0.39 is 21.3 Å². The first kappa shape index (κ1) is 19.5. The summed E-state index contributed by atoms with van der Waals surface area (Å²) in [6.45, 7) is 1.37. The van der Waals surface area contributed by atoms with Gasteiger partial charge in [0.15, 0.2) is 0 Å². The summed E-state index contributed by atoms with van der Waals surface area (Å²) in [5.41, 5.74) is 1.75. The van der Waals surface area contributed by atoms with Crippen LogP contribution in [0, 0.1) is 10.1 Å². The number of rotatable bonds is 5. The monoisotopic (exact) mass is 404 g/mol. The van der Waals surface area contributed by atoms with E-state index in [-0.39, 0.29) is 17.3 Å². The second kappa shape index (κ2) is 7.37. The zero-order valence-corrected chi connectivity index (χ0v) is 15.5. The van der Waals surface area contributed by atoms with E-state index in [0.717, 1.165) is 0 Å². The standard InChI is InChI=1S/C17H16N4O6S/c1-11(22)20-17(12-5-7-14(8-6-12)21(23)24)10-16(19-20)13-3-2-4-15(9-13)27-28(18,25)26/h2-9,17H,10H2,1H3,(H2,18,25,26). The lowest BCUT2D eigenvalue weighted by atomic mass is 9.98. The van der Waals surface area contributed by atoms with Crippen LogP contribution in [0.25, 0.3) is 0 Å². The van der Waals surface area contributed by atoms with E-state index in [1.165, 1.54) is 36.2 Å². The van der Waals surface area contributed by atoms with Gasteiger partial charge >= 0.3 is 10.3 Å². The lowest BCUT2D eigenvalue weighted by Gasteiger charge is -2.20. The molecule has 1 aliphatic heterocycles. The number of hydrogen-bond donors (Lipinski definition) is 1. The van der Waals surface area contributed by atoms with Gasteiger partial charge in [-0.3, -0.25) is 14.9 Å². The first-order chi connectivity index (χ1) is 13.1. The Morgan fingerprint density at radius 3 is 2.54 bits per heavy atom. The number of nitro groups is 1. The van der Waals surface area contributed by atoms with Crippen LogP contribution in [0.3, 0.4) is 0 Å². The maximum atomic E-state index is 12.0. The second-order valence-electron chi connectivity index (χ2n) is 6.08. The maximum absolute atomic E-state index is 12.0. The fourth-order valence-electron chi connectivity index (χ4n) is 2.91. The quantitative estimate of drug-likeness (QED) is 0.595. The molecule has 0 bridgehead atoms. The van der Waals surface area contributed by atoms with E-state index in [4.69, 9.17) is 5.14 Å². The zero-order chi connectivity index (χ0) is 20.5. The van der Waals surface area contributed by atoms with Crippen molar-refractivity contribution in [2.75, 3.05) is 0 Å². The van der Waals surface area contributed by atoms with Gasteiger partial charge in [0.1, 0.15) is 5.75 Å². The zero-order valence-electron chi connectivity index (χ0n) is 14.7. The third kappa shape index (κ3) is 4.32. The van der Waals surface area contributed by atoms with Crippen LogP contribution in [0.4, 0.5) is 5.69 Å². The fourth-order valence-corrected chi connectivity index (χ4v) is 3.29. The molecular formula is C17H16N4O6S. The molecule has 2 N–H and O–H groups in total. The van der Waals surface area contributed by atoms with Gasteiger partial charge in [0, 0.05) is 31.0 Å². The Balaban J connectivity index is 1.90. The molecule has 1 aliphatic rings. The summed E-state index contributed by atoms with van der Waals surface area (Å²) in [5, 5.41) is 21.3. The van der Waals surface area contributed by atoms with E-state index in [2.05, 4.69) is 9.28 Å². The van der Waals surface area contributed by atoms with Crippen LogP contribution in [0.1, 0.15) is 30.5 Å². The van der Waals surface area contributed by atoms with Crippen molar-refractivity contribution in [1.82, 2.24) is 5.01 Å². The van der Waals surface area contributed by atoms with Gasteiger partial charge in [-0.25, -0.2) is 5.01 Å². The van der Waals surface area contributed by atoms with Crippen LogP contribution in [0.5, 0.6) is 5.75 Å². The molecule has 0 fully saturated rings. The molecule has 2 aromatic carbocycles. The van der Waals surface area contributed by atoms with Gasteiger partial charge in [-0.2, -0.15) is 18.7 Å². The summed E-state index contributed by atoms with van der Waals surface area (Å²) in [6, 6.07) is 11.6. The Labute approximate surface area is 160 Å². The number of carbonyl (C=O) groups excluding carboxylic acids is 1. The van der Waals surface area contributed by atoms with Crippen LogP contribution in [-0.2, 0) is 15.1 Å². The number of nitrogens with zero attached hydrogens (tertiary/aromatic N) is 3. The van der Waals surface area contributed by atoms with Crippen LogP contribution in [0.2, 0.25) is 0 Å². The molecule has 3 rings (SSSR count). The molecule has 11 heteroatoms. The van der Waals surface area contributed by atoms with Crippen LogP contribution in [-0.4, -0.2) is 30.0 Å². The predicted molar refractivity (Wildman–Crippen MR) is 99.7 cm³/mol. The average molecular weight is 404 g/mol. The summed E-state index contributed by atoms with van der Waals surface area (Å²) in [5.74, 6) is -0.272. The number of hydrazone groups is 1. The largest absolute Gasteiger partial charge is 0.380 e. The van der Waals surface area contributed by atoms with Crippen molar-refractivity contribution >= 4 is 27.6 Å². The fraction of sp³-hybridized carbons (Fsp3) is 0.176. The van der Waals surface area contributed by atoms with E-state index >= 15 is 0 Å². The highest BCUT2D eigenvalue weighted by molar-refractivity contribution is 7.84. The molecule has 0 saturated heterocycles. The van der Waals surface area contributed by atoms with Crippen molar-refractivity contribution in [3.8, 4) is 5.75 Å². The molecule has 28 heavy (non-hydrogen) atoms. The first-order valence-electron chi connectivity index (χ1n) is 8.08. The molecule has 0 spiro atoms. The number of non-ortho nitro benzene ring substituents is 1. The Bertz CT molecular complexity index is 1070. The molecule has 0 saturated carbocycles. The molecular weight excluding hydrogens is 388 g/mol. The molecule has 0 radical (unpaired) electrons. The topological polar surface area (TPSA) is 145 Å². The van der Waals surface area contributed by atoms with Crippen LogP contribution < -0.4 is 9.32 Å². The number of nitro benzene ring substituents is 1. The van der Waals surface area contributed by atoms with E-state index in [1.54, 1.807) is 24.3 Å². The van der Waals surface area contributed by atoms with Gasteiger partial charge in [-0.05, 0) is 17.7 Å². The normalized spacial score (nSPS) is 16.6. The molecule has 0 aliphatic carbocycles. The minimum atomic E-state index is -4.17. The molecule has 1 amide bonds. The van der Waals surface area contributed by atoms with Gasteiger partial charge in [0.25, 0.3) is 5.69 Å². The summed E-state index contributed by atoms with van der Waals surface area (Å²) in [6.07, 6.45) is 0.343. The Hall–Kier alpha value is -3.31. The lowest BCUT2D eigenvalue weighted by molar-refractivity contribution is -0.384. The minimum absolute atomic E-state index is 0.0239. The Morgan fingerprint density at radius 2 is 1.96 bits per heavy atom. The van der Waals surface area contributed by atoms with Crippen molar-refractivity contribution in [1.29, 1.82) is 0 Å². The number of hydrogen-bond acceptors (Lipinski definition) is 7. The van der Waals surface area contributed by atoms with Crippen LogP contribution >= 0.6 is 0 Å². The highest BCUT2D eigenvalue weighted by Crippen LogP contribution is 2.34. The molecule has 2 aromatic rings. The van der Waals surface area contributed by atoms with Gasteiger partial charge < -0.3 is 4.18 Å². The van der Waals surface area contributed by atoms with E-state index in [1.807, 2.05) is 0 Å². The Kier molecular flexibility index (Phi) is 5.12. The minimum Gasteiger partial charge on any atom is -0.371 e. The van der Waals surface area contributed by atoms with Crippen molar-refractivity contribution in [2.45, 2.75) is 19.4 Å². The molecule has 10 nitrogen and oxygen atoms in total. The van der Waals surface area contributed by atoms with E-state index in [9.17, 15) is 23.3 Å². The summed E-state index contributed by atoms with van der Waals surface area (Å²) < 4.78 is 26.9. The van der Waals surface area contributed by atoms with Crippen molar-refractivity contribution in [3.63, 3.8) is 0 Å². The van der Waals surface area contributed by atoms with Gasteiger partial charge in [0.2, 0.25) is 5.91 Å². The molecule has 0 aromatic heterocycles. The average Bonchev–Trinajstić information content (AvgIpc) is 3.06. The molecule has 1 unspecified atom stereocenters. The maximum Gasteiger partial charge on any atom is 0.380 e. The third-order valence-corrected chi connectivity index (χ3v) is 4.53. The number of benzene rings is 2. The SMILES string of the molecule is CC(=O)N1N=C(c2cccc(OS(N)(=O)=O)c2)CC1c1ccc([N+](=O)[O-])cc1. The van der Waals surface area contributed by atoms with Gasteiger partial charge in [-0.15, -0.1) is 0 Å². The summed E-state index contributed by atoms with van der Waals surface area (Å²) >= 11 is 0. The van der Waals surface area contributed by atoms with Crippen molar-refractivity contribution in [3.05, 3.63) is 69.8 Å². The van der Waals surface area contributed by atoms with Gasteiger partial charge in [-0.1, -0.05) is 24.3 Å². The van der Waals surface area contributed by atoms with Crippen LogP contribution in [0.15, 0.2) is 53.6 Å². The predicted octanol–water partition coefficient (Wildman–Crippen LogP) is 1.87. The second-order valence-corrected chi connectivity index (χ2v) is 7.24. The first-order valence-corrected chi connectivity index (χ1v) is 9.55. The summed E-state index contributed by atoms with van der Waals surface area (Å²) in [7, 11) is -4.17. The van der Waals surface area contributed by atoms with Gasteiger partial charge in [0.05, 0.1) is 16.7 Å². The number of amides is 1. The van der Waals surface area contributed by atoms with E-state index in [0.29, 0.717) is 23.3 Å². The Morgan fingerprint density at radius 1 is 1.29 bits per heavy atom. The smallest absolute Gasteiger partial charge is 0.371 e. The third-order valence-electron chi connectivity index (χ3n) is 4.10. The molecule has 146 valence electrons. The van der Waals surface area contributed by atoms with Crippen molar-refractivity contribution < 1.29 is 22.3 Å². The highest BCUT2D eigenvalue weighted by atomic mass is 32.2. The highest BCUT2D eigenvalue weighted by Gasteiger charge is 2.31. The lowest BCUT2D eigenvalue weighted by Crippen LogP contribution is -2.24. The molecule has 1 atom stereocenters. The van der Waals surface area contributed by atoms with Crippen molar-refractivity contribution in [2.24, 2.45) is 10.2 Å². The number of nitrogens with two attached hydrogens (primary N) is 1. The molecule has 1 heterocycles. The number of carbonyl (C=O) groups is 1. The summed E-state index contributed by atoms with van der Waals surface area (Å²) in [4.78, 5) is 22.4.